The third kappa shape index (κ3) is 3.51. The number of carbonyl (C=O) groups is 1. The number of fused-ring (bicyclic) bond motifs is 1. The van der Waals surface area contributed by atoms with Gasteiger partial charge in [0.2, 0.25) is 0 Å². The number of pyridine rings is 1. The van der Waals surface area contributed by atoms with Crippen molar-refractivity contribution in [3.63, 3.8) is 0 Å². The van der Waals surface area contributed by atoms with Crippen LogP contribution in [-0.4, -0.2) is 41.7 Å². The third-order valence-electron chi connectivity index (χ3n) is 6.33. The predicted molar refractivity (Wildman–Crippen MR) is 122 cm³/mol. The van der Waals surface area contributed by atoms with E-state index in [2.05, 4.69) is 35.2 Å². The van der Waals surface area contributed by atoms with Gasteiger partial charge < -0.3 is 13.9 Å². The molecule has 0 N–H and O–H groups in total. The fourth-order valence-corrected chi connectivity index (χ4v) is 4.30. The number of ether oxygens (including phenoxy) is 1. The summed E-state index contributed by atoms with van der Waals surface area (Å²) in [5.74, 6) is 1.41. The van der Waals surface area contributed by atoms with Crippen LogP contribution in [-0.2, 0) is 0 Å². The minimum absolute atomic E-state index is 0.00982. The quantitative estimate of drug-likeness (QED) is 0.459. The van der Waals surface area contributed by atoms with Crippen molar-refractivity contribution in [3.8, 4) is 23.0 Å². The molecule has 4 heterocycles. The summed E-state index contributed by atoms with van der Waals surface area (Å²) >= 11 is 0. The standard InChI is InChI=1S/C25H24N6O2/c1-15(2)31-14-27-29-25(31)21-5-3-4-20(28-21)19-12-33-23-9-8-17(10-18(23)24(19)32)30-11-22(26-13-30)16-6-7-16/h3-5,8-11,13-16,19H,6-7,12H2,1-2H3. The molecule has 3 aromatic heterocycles. The predicted octanol–water partition coefficient (Wildman–Crippen LogP) is 4.34. The van der Waals surface area contributed by atoms with Crippen molar-refractivity contribution >= 4 is 5.78 Å². The van der Waals surface area contributed by atoms with E-state index in [4.69, 9.17) is 9.72 Å². The molecule has 8 heteroatoms. The number of Topliss-reactive ketones (excluding diaryl/α,β-unsaturated/α-hetero) is 1. The summed E-state index contributed by atoms with van der Waals surface area (Å²) in [7, 11) is 0. The minimum atomic E-state index is -0.479. The Kier molecular flexibility index (Phi) is 4.60. The van der Waals surface area contributed by atoms with Crippen LogP contribution in [0, 0.1) is 0 Å². The van der Waals surface area contributed by atoms with Crippen molar-refractivity contribution in [1.29, 1.82) is 0 Å². The lowest BCUT2D eigenvalue weighted by Crippen LogP contribution is -2.27. The highest BCUT2D eigenvalue weighted by molar-refractivity contribution is 6.04. The fourth-order valence-electron chi connectivity index (χ4n) is 4.30. The van der Waals surface area contributed by atoms with Gasteiger partial charge in [0.1, 0.15) is 24.4 Å². The molecule has 0 bridgehead atoms. The second-order valence-corrected chi connectivity index (χ2v) is 8.99. The van der Waals surface area contributed by atoms with Crippen LogP contribution in [0.25, 0.3) is 17.2 Å². The molecule has 1 aliphatic heterocycles. The van der Waals surface area contributed by atoms with Crippen molar-refractivity contribution in [1.82, 2.24) is 29.3 Å². The average Bonchev–Trinajstić information content (AvgIpc) is 3.34. The van der Waals surface area contributed by atoms with E-state index in [9.17, 15) is 4.79 Å². The average molecular weight is 441 g/mol. The molecule has 0 saturated heterocycles. The van der Waals surface area contributed by atoms with E-state index in [0.29, 0.717) is 34.4 Å². The summed E-state index contributed by atoms with van der Waals surface area (Å²) in [6.07, 6.45) is 7.98. The molecule has 1 aromatic carbocycles. The van der Waals surface area contributed by atoms with Crippen LogP contribution in [0.15, 0.2) is 55.2 Å². The Morgan fingerprint density at radius 1 is 1.09 bits per heavy atom. The van der Waals surface area contributed by atoms with Crippen molar-refractivity contribution in [2.45, 2.75) is 44.6 Å². The molecule has 1 fully saturated rings. The third-order valence-corrected chi connectivity index (χ3v) is 6.33. The molecular formula is C25H24N6O2. The number of ketones is 1. The van der Waals surface area contributed by atoms with Gasteiger partial charge in [-0.05, 0) is 57.0 Å². The maximum Gasteiger partial charge on any atom is 0.182 e. The molecule has 1 saturated carbocycles. The summed E-state index contributed by atoms with van der Waals surface area (Å²) in [6.45, 7) is 4.39. The van der Waals surface area contributed by atoms with Crippen LogP contribution < -0.4 is 4.74 Å². The van der Waals surface area contributed by atoms with Gasteiger partial charge in [-0.2, -0.15) is 0 Å². The van der Waals surface area contributed by atoms with Gasteiger partial charge >= 0.3 is 0 Å². The van der Waals surface area contributed by atoms with Gasteiger partial charge in [-0.25, -0.2) is 9.97 Å². The Bertz CT molecular complexity index is 1350. The second-order valence-electron chi connectivity index (χ2n) is 8.99. The van der Waals surface area contributed by atoms with Crippen LogP contribution in [0.1, 0.15) is 66.3 Å². The molecule has 166 valence electrons. The second kappa shape index (κ2) is 7.65. The first-order valence-electron chi connectivity index (χ1n) is 11.3. The summed E-state index contributed by atoms with van der Waals surface area (Å²) in [6, 6.07) is 11.6. The highest BCUT2D eigenvalue weighted by Gasteiger charge is 2.32. The summed E-state index contributed by atoms with van der Waals surface area (Å²) in [5.41, 5.74) is 3.95. The highest BCUT2D eigenvalue weighted by atomic mass is 16.5. The van der Waals surface area contributed by atoms with E-state index in [-0.39, 0.29) is 18.4 Å². The molecule has 33 heavy (non-hydrogen) atoms. The number of hydrogen-bond donors (Lipinski definition) is 0. The molecule has 0 spiro atoms. The van der Waals surface area contributed by atoms with Gasteiger partial charge in [-0.3, -0.25) is 4.79 Å². The highest BCUT2D eigenvalue weighted by Crippen LogP contribution is 2.39. The van der Waals surface area contributed by atoms with Gasteiger partial charge in [-0.15, -0.1) is 10.2 Å². The van der Waals surface area contributed by atoms with E-state index in [1.165, 1.54) is 12.8 Å². The number of nitrogens with zero attached hydrogens (tertiary/aromatic N) is 6. The van der Waals surface area contributed by atoms with Crippen molar-refractivity contribution in [2.75, 3.05) is 6.61 Å². The number of imidazole rings is 1. The van der Waals surface area contributed by atoms with Crippen LogP contribution in [0.3, 0.4) is 0 Å². The largest absolute Gasteiger partial charge is 0.492 e. The lowest BCUT2D eigenvalue weighted by atomic mass is 9.91. The number of benzene rings is 1. The number of rotatable bonds is 5. The number of carbonyl (C=O) groups excluding carboxylic acids is 1. The minimum Gasteiger partial charge on any atom is -0.492 e. The fraction of sp³-hybridized carbons (Fsp3) is 0.320. The van der Waals surface area contributed by atoms with Gasteiger partial charge in [0.25, 0.3) is 0 Å². The summed E-state index contributed by atoms with van der Waals surface area (Å²) < 4.78 is 9.92. The molecule has 8 nitrogen and oxygen atoms in total. The van der Waals surface area contributed by atoms with Crippen LogP contribution in [0.2, 0.25) is 0 Å². The number of aromatic nitrogens is 6. The lowest BCUT2D eigenvalue weighted by Gasteiger charge is -2.24. The summed E-state index contributed by atoms with van der Waals surface area (Å²) in [5, 5.41) is 8.27. The van der Waals surface area contributed by atoms with E-state index in [1.807, 2.05) is 51.9 Å². The maximum atomic E-state index is 13.5. The molecular weight excluding hydrogens is 416 g/mol. The first-order valence-corrected chi connectivity index (χ1v) is 11.3. The van der Waals surface area contributed by atoms with Gasteiger partial charge in [0.05, 0.1) is 29.2 Å². The Balaban J connectivity index is 1.32. The monoisotopic (exact) mass is 440 g/mol. The molecule has 4 aromatic rings. The Labute approximate surface area is 191 Å². The van der Waals surface area contributed by atoms with Gasteiger partial charge in [0, 0.05) is 23.8 Å². The zero-order chi connectivity index (χ0) is 22.5. The SMILES string of the molecule is CC(C)n1cnnc1-c1cccc(C2COc3ccc(-n4cnc(C5CC5)c4)cc3C2=O)n1. The molecule has 6 rings (SSSR count). The lowest BCUT2D eigenvalue weighted by molar-refractivity contribution is 0.0893. The van der Waals surface area contributed by atoms with Gasteiger partial charge in [0.15, 0.2) is 11.6 Å². The zero-order valence-corrected chi connectivity index (χ0v) is 18.5. The molecule has 0 radical (unpaired) electrons. The normalized spacial score (nSPS) is 17.8. The van der Waals surface area contributed by atoms with E-state index in [1.54, 1.807) is 6.33 Å². The van der Waals surface area contributed by atoms with Crippen molar-refractivity contribution in [3.05, 3.63) is 72.2 Å². The van der Waals surface area contributed by atoms with Crippen LogP contribution in [0.5, 0.6) is 5.75 Å². The van der Waals surface area contributed by atoms with Crippen molar-refractivity contribution < 1.29 is 9.53 Å². The molecule has 1 atom stereocenters. The summed E-state index contributed by atoms with van der Waals surface area (Å²) in [4.78, 5) is 22.8. The number of hydrogen-bond acceptors (Lipinski definition) is 6. The van der Waals surface area contributed by atoms with Gasteiger partial charge in [-0.1, -0.05) is 6.07 Å². The van der Waals surface area contributed by atoms with Crippen LogP contribution in [0.4, 0.5) is 0 Å². The van der Waals surface area contributed by atoms with E-state index >= 15 is 0 Å². The molecule has 0 amide bonds. The Morgan fingerprint density at radius 3 is 2.79 bits per heavy atom. The van der Waals surface area contributed by atoms with Crippen LogP contribution >= 0.6 is 0 Å². The zero-order valence-electron chi connectivity index (χ0n) is 18.5. The first kappa shape index (κ1) is 19.8. The van der Waals surface area contributed by atoms with E-state index in [0.717, 1.165) is 11.4 Å². The first-order chi connectivity index (χ1) is 16.1. The Morgan fingerprint density at radius 2 is 1.97 bits per heavy atom. The molecule has 1 aliphatic carbocycles. The van der Waals surface area contributed by atoms with Crippen molar-refractivity contribution in [2.24, 2.45) is 0 Å². The maximum absolute atomic E-state index is 13.5. The molecule has 2 aliphatic rings. The smallest absolute Gasteiger partial charge is 0.182 e. The molecule has 1 unspecified atom stereocenters. The Hall–Kier alpha value is -3.81. The van der Waals surface area contributed by atoms with E-state index < -0.39 is 5.92 Å². The topological polar surface area (TPSA) is 87.7 Å².